The van der Waals surface area contributed by atoms with Crippen LogP contribution in [0.5, 0.6) is 5.75 Å². The molecule has 0 spiro atoms. The summed E-state index contributed by atoms with van der Waals surface area (Å²) in [6.07, 6.45) is 5.03. The van der Waals surface area contributed by atoms with Crippen LogP contribution < -0.4 is 4.74 Å². The Morgan fingerprint density at radius 3 is 2.70 bits per heavy atom. The Hall–Kier alpha value is -2.03. The van der Waals surface area contributed by atoms with Crippen molar-refractivity contribution in [1.82, 2.24) is 0 Å². The number of hydrogen-bond donors (Lipinski definition) is 0. The highest BCUT2D eigenvalue weighted by Crippen LogP contribution is 2.19. The molecule has 0 unspecified atom stereocenters. The van der Waals surface area contributed by atoms with Gasteiger partial charge in [0, 0.05) is 5.56 Å². The van der Waals surface area contributed by atoms with Crippen LogP contribution in [-0.2, 0) is 16.0 Å². The largest absolute Gasteiger partial charge is 0.489 e. The van der Waals surface area contributed by atoms with Gasteiger partial charge in [0.25, 0.3) is 0 Å². The number of ether oxygens (including phenoxy) is 2. The molecule has 0 aliphatic carbocycles. The Morgan fingerprint density at radius 2 is 2.05 bits per heavy atom. The van der Waals surface area contributed by atoms with E-state index in [4.69, 9.17) is 9.47 Å². The van der Waals surface area contributed by atoms with Gasteiger partial charge in [0.2, 0.25) is 0 Å². The molecule has 0 aliphatic rings. The van der Waals surface area contributed by atoms with Crippen LogP contribution in [0.15, 0.2) is 48.6 Å². The van der Waals surface area contributed by atoms with Gasteiger partial charge in [-0.05, 0) is 25.0 Å². The Bertz CT molecular complexity index is 475. The Labute approximate surface area is 120 Å². The lowest BCUT2D eigenvalue weighted by Gasteiger charge is -2.11. The zero-order chi connectivity index (χ0) is 14.8. The molecule has 0 saturated heterocycles. The number of allylic oxidation sites excluding steroid dienone is 1. The van der Waals surface area contributed by atoms with Gasteiger partial charge < -0.3 is 9.47 Å². The first kappa shape index (κ1) is 16.0. The van der Waals surface area contributed by atoms with Gasteiger partial charge in [-0.25, -0.2) is 0 Å². The van der Waals surface area contributed by atoms with Crippen molar-refractivity contribution in [1.29, 1.82) is 0 Å². The number of benzene rings is 1. The lowest BCUT2D eigenvalue weighted by atomic mass is 10.1. The summed E-state index contributed by atoms with van der Waals surface area (Å²) in [7, 11) is 0. The second kappa shape index (κ2) is 8.97. The molecule has 20 heavy (non-hydrogen) atoms. The van der Waals surface area contributed by atoms with Crippen LogP contribution in [-0.4, -0.2) is 19.2 Å². The predicted molar refractivity (Wildman–Crippen MR) is 80.8 cm³/mol. The lowest BCUT2D eigenvalue weighted by Crippen LogP contribution is -2.09. The van der Waals surface area contributed by atoms with Crippen LogP contribution in [0.4, 0.5) is 0 Å². The molecule has 108 valence electrons. The van der Waals surface area contributed by atoms with E-state index in [0.29, 0.717) is 19.0 Å². The van der Waals surface area contributed by atoms with Crippen LogP contribution in [0.2, 0.25) is 0 Å². The Balaban J connectivity index is 2.72. The third-order valence-electron chi connectivity index (χ3n) is 2.74. The zero-order valence-corrected chi connectivity index (χ0v) is 12.2. The van der Waals surface area contributed by atoms with Crippen molar-refractivity contribution in [3.05, 3.63) is 54.1 Å². The number of carbonyl (C=O) groups is 1. The Kier molecular flexibility index (Phi) is 7.18. The normalized spacial score (nSPS) is 11.0. The van der Waals surface area contributed by atoms with Crippen LogP contribution in [0.25, 0.3) is 0 Å². The maximum Gasteiger partial charge on any atom is 0.310 e. The van der Waals surface area contributed by atoms with Crippen molar-refractivity contribution in [3.8, 4) is 5.75 Å². The topological polar surface area (TPSA) is 35.5 Å². The standard InChI is InChI=1S/C17H22O3/c1-4-9-14(5-2)13-20-16-11-8-7-10-15(16)12-17(18)19-6-3/h5,7-11H,2,4,6,12-13H2,1,3H3/b14-9+. The molecular formula is C17H22O3. The highest BCUT2D eigenvalue weighted by atomic mass is 16.5. The molecule has 0 fully saturated rings. The summed E-state index contributed by atoms with van der Waals surface area (Å²) in [5.74, 6) is 0.473. The van der Waals surface area contributed by atoms with Gasteiger partial charge in [-0.15, -0.1) is 0 Å². The van der Waals surface area contributed by atoms with Crippen LogP contribution >= 0.6 is 0 Å². The fourth-order valence-corrected chi connectivity index (χ4v) is 1.78. The smallest absolute Gasteiger partial charge is 0.310 e. The minimum atomic E-state index is -0.239. The van der Waals surface area contributed by atoms with Gasteiger partial charge in [0.15, 0.2) is 0 Å². The van der Waals surface area contributed by atoms with Gasteiger partial charge >= 0.3 is 5.97 Å². The molecule has 0 aromatic heterocycles. The molecule has 1 rings (SSSR count). The average molecular weight is 274 g/mol. The van der Waals surface area contributed by atoms with Crippen molar-refractivity contribution in [2.45, 2.75) is 26.7 Å². The molecular weight excluding hydrogens is 252 g/mol. The monoisotopic (exact) mass is 274 g/mol. The molecule has 0 radical (unpaired) electrons. The number of esters is 1. The molecule has 0 N–H and O–H groups in total. The van der Waals surface area contributed by atoms with E-state index in [-0.39, 0.29) is 12.4 Å². The number of hydrogen-bond acceptors (Lipinski definition) is 3. The van der Waals surface area contributed by atoms with Crippen molar-refractivity contribution in [2.75, 3.05) is 13.2 Å². The van der Waals surface area contributed by atoms with E-state index in [0.717, 1.165) is 17.6 Å². The van der Waals surface area contributed by atoms with Crippen molar-refractivity contribution >= 4 is 5.97 Å². The average Bonchev–Trinajstić information content (AvgIpc) is 2.45. The first-order chi connectivity index (χ1) is 9.71. The fourth-order valence-electron chi connectivity index (χ4n) is 1.78. The zero-order valence-electron chi connectivity index (χ0n) is 12.2. The summed E-state index contributed by atoms with van der Waals surface area (Å²) < 4.78 is 10.7. The van der Waals surface area contributed by atoms with E-state index in [9.17, 15) is 4.79 Å². The predicted octanol–water partition coefficient (Wildman–Crippen LogP) is 3.69. The van der Waals surface area contributed by atoms with E-state index < -0.39 is 0 Å². The van der Waals surface area contributed by atoms with Crippen molar-refractivity contribution in [3.63, 3.8) is 0 Å². The summed E-state index contributed by atoms with van der Waals surface area (Å²) in [6, 6.07) is 7.52. The number of para-hydroxylation sites is 1. The van der Waals surface area contributed by atoms with Gasteiger partial charge in [-0.2, -0.15) is 0 Å². The minimum absolute atomic E-state index is 0.227. The first-order valence-corrected chi connectivity index (χ1v) is 6.89. The van der Waals surface area contributed by atoms with Crippen LogP contribution in [0, 0.1) is 0 Å². The maximum atomic E-state index is 11.6. The van der Waals surface area contributed by atoms with Crippen LogP contribution in [0.3, 0.4) is 0 Å². The molecule has 3 nitrogen and oxygen atoms in total. The van der Waals surface area contributed by atoms with Gasteiger partial charge in [0.05, 0.1) is 13.0 Å². The minimum Gasteiger partial charge on any atom is -0.489 e. The number of rotatable bonds is 8. The van der Waals surface area contributed by atoms with Crippen molar-refractivity contribution < 1.29 is 14.3 Å². The highest BCUT2D eigenvalue weighted by Gasteiger charge is 2.09. The lowest BCUT2D eigenvalue weighted by molar-refractivity contribution is -0.142. The third-order valence-corrected chi connectivity index (χ3v) is 2.74. The van der Waals surface area contributed by atoms with E-state index in [1.165, 1.54) is 0 Å². The summed E-state index contributed by atoms with van der Waals surface area (Å²) >= 11 is 0. The van der Waals surface area contributed by atoms with Gasteiger partial charge in [-0.1, -0.05) is 43.9 Å². The van der Waals surface area contributed by atoms with Gasteiger partial charge in [0.1, 0.15) is 12.4 Å². The maximum absolute atomic E-state index is 11.6. The quantitative estimate of drug-likeness (QED) is 0.535. The summed E-state index contributed by atoms with van der Waals surface area (Å²) in [6.45, 7) is 8.48. The molecule has 1 aromatic rings. The third kappa shape index (κ3) is 5.31. The summed E-state index contributed by atoms with van der Waals surface area (Å²) in [5, 5.41) is 0. The molecule has 0 aliphatic heterocycles. The molecule has 0 saturated carbocycles. The van der Waals surface area contributed by atoms with E-state index in [1.54, 1.807) is 13.0 Å². The summed E-state index contributed by atoms with van der Waals surface area (Å²) in [4.78, 5) is 11.6. The molecule has 0 heterocycles. The van der Waals surface area contributed by atoms with Crippen molar-refractivity contribution in [2.24, 2.45) is 0 Å². The molecule has 3 heteroatoms. The van der Waals surface area contributed by atoms with Gasteiger partial charge in [-0.3, -0.25) is 4.79 Å². The molecule has 0 amide bonds. The molecule has 1 aromatic carbocycles. The van der Waals surface area contributed by atoms with E-state index in [1.807, 2.05) is 24.3 Å². The summed E-state index contributed by atoms with van der Waals surface area (Å²) in [5.41, 5.74) is 1.88. The molecule has 0 bridgehead atoms. The SMILES string of the molecule is C=C/C(=C\CC)COc1ccccc1CC(=O)OCC. The highest BCUT2D eigenvalue weighted by molar-refractivity contribution is 5.73. The number of carbonyl (C=O) groups excluding carboxylic acids is 1. The van der Waals surface area contributed by atoms with E-state index in [2.05, 4.69) is 19.6 Å². The second-order valence-corrected chi connectivity index (χ2v) is 4.27. The molecule has 0 atom stereocenters. The van der Waals surface area contributed by atoms with Crippen LogP contribution in [0.1, 0.15) is 25.8 Å². The second-order valence-electron chi connectivity index (χ2n) is 4.27. The Morgan fingerprint density at radius 1 is 1.30 bits per heavy atom. The fraction of sp³-hybridized carbons (Fsp3) is 0.353. The first-order valence-electron chi connectivity index (χ1n) is 6.89. The van der Waals surface area contributed by atoms with E-state index >= 15 is 0 Å².